The van der Waals surface area contributed by atoms with E-state index in [4.69, 9.17) is 14.2 Å². The van der Waals surface area contributed by atoms with E-state index in [1.807, 2.05) is 24.3 Å². The van der Waals surface area contributed by atoms with Crippen molar-refractivity contribution in [3.05, 3.63) is 58.1 Å². The maximum Gasteiger partial charge on any atom is 0.276 e. The number of benzene rings is 2. The van der Waals surface area contributed by atoms with Crippen molar-refractivity contribution in [2.45, 2.75) is 26.2 Å². The van der Waals surface area contributed by atoms with Gasteiger partial charge in [0.2, 0.25) is 0 Å². The first-order chi connectivity index (χ1) is 14.4. The van der Waals surface area contributed by atoms with E-state index in [0.29, 0.717) is 40.7 Å². The van der Waals surface area contributed by atoms with Gasteiger partial charge in [0.15, 0.2) is 6.61 Å². The first-order valence-corrected chi connectivity index (χ1v) is 10.5. The quantitative estimate of drug-likeness (QED) is 0.400. The van der Waals surface area contributed by atoms with Gasteiger partial charge in [0.1, 0.15) is 18.1 Å². The number of ether oxygens (including phenoxy) is 3. The maximum absolute atomic E-state index is 12.2. The number of hydrogen-bond donors (Lipinski definition) is 2. The summed E-state index contributed by atoms with van der Waals surface area (Å²) in [6.45, 7) is 4.95. The smallest absolute Gasteiger partial charge is 0.276 e. The zero-order valence-corrected chi connectivity index (χ0v) is 19.0. The minimum Gasteiger partial charge on any atom is -0.490 e. The van der Waals surface area contributed by atoms with Crippen molar-refractivity contribution in [2.24, 2.45) is 0 Å². The Bertz CT molecular complexity index is 842. The third-order valence-electron chi connectivity index (χ3n) is 4.49. The molecular weight excluding hydrogens is 452 g/mol. The summed E-state index contributed by atoms with van der Waals surface area (Å²) < 4.78 is 16.5. The van der Waals surface area contributed by atoms with Crippen molar-refractivity contribution < 1.29 is 23.8 Å². The number of carbonyl (C=O) groups is 2. The first-order valence-electron chi connectivity index (χ1n) is 9.67. The average Bonchev–Trinajstić information content (AvgIpc) is 2.77. The molecule has 2 aromatic rings. The number of methoxy groups -OCH3 is 1. The zero-order valence-electron chi connectivity index (χ0n) is 17.4. The van der Waals surface area contributed by atoms with Crippen LogP contribution in [0.5, 0.6) is 11.5 Å². The van der Waals surface area contributed by atoms with Crippen molar-refractivity contribution in [1.29, 1.82) is 0 Å². The van der Waals surface area contributed by atoms with E-state index < -0.39 is 11.8 Å². The Kier molecular flexibility index (Phi) is 9.63. The molecule has 8 heteroatoms. The number of rotatable bonds is 10. The van der Waals surface area contributed by atoms with Crippen molar-refractivity contribution >= 4 is 27.7 Å². The van der Waals surface area contributed by atoms with E-state index in [0.717, 1.165) is 6.42 Å². The summed E-state index contributed by atoms with van der Waals surface area (Å²) in [5, 5.41) is 0. The minimum atomic E-state index is -0.465. The molecule has 7 nitrogen and oxygen atoms in total. The van der Waals surface area contributed by atoms with Crippen LogP contribution in [0.1, 0.15) is 42.1 Å². The van der Waals surface area contributed by atoms with Gasteiger partial charge in [-0.25, -0.2) is 0 Å². The largest absolute Gasteiger partial charge is 0.490 e. The fourth-order valence-electron chi connectivity index (χ4n) is 2.51. The third kappa shape index (κ3) is 7.35. The second-order valence-corrected chi connectivity index (χ2v) is 7.51. The fraction of sp³-hybridized carbons (Fsp3) is 0.364. The molecule has 0 saturated heterocycles. The van der Waals surface area contributed by atoms with Gasteiger partial charge in [0.25, 0.3) is 11.8 Å². The van der Waals surface area contributed by atoms with Crippen LogP contribution in [-0.2, 0) is 9.53 Å². The molecule has 0 heterocycles. The Morgan fingerprint density at radius 3 is 2.40 bits per heavy atom. The number of hydrogen-bond acceptors (Lipinski definition) is 5. The fourth-order valence-corrected chi connectivity index (χ4v) is 3.00. The van der Waals surface area contributed by atoms with Crippen LogP contribution in [-0.4, -0.2) is 38.7 Å². The van der Waals surface area contributed by atoms with E-state index in [1.165, 1.54) is 5.56 Å². The molecule has 1 atom stereocenters. The highest BCUT2D eigenvalue weighted by Gasteiger charge is 2.11. The van der Waals surface area contributed by atoms with Gasteiger partial charge in [-0.15, -0.1) is 0 Å². The van der Waals surface area contributed by atoms with Gasteiger partial charge in [0.05, 0.1) is 11.1 Å². The lowest BCUT2D eigenvalue weighted by Gasteiger charge is -2.12. The Morgan fingerprint density at radius 1 is 1.03 bits per heavy atom. The maximum atomic E-state index is 12.2. The molecule has 0 fully saturated rings. The summed E-state index contributed by atoms with van der Waals surface area (Å²) >= 11 is 3.36. The second kappa shape index (κ2) is 12.2. The van der Waals surface area contributed by atoms with Crippen LogP contribution in [0.4, 0.5) is 0 Å². The third-order valence-corrected chi connectivity index (χ3v) is 5.11. The molecular formula is C22H27BrN2O5. The number of halogens is 1. The van der Waals surface area contributed by atoms with Crippen LogP contribution in [0.15, 0.2) is 46.9 Å². The van der Waals surface area contributed by atoms with E-state index in [1.54, 1.807) is 25.3 Å². The topological polar surface area (TPSA) is 85.9 Å². The van der Waals surface area contributed by atoms with E-state index >= 15 is 0 Å². The van der Waals surface area contributed by atoms with Gasteiger partial charge in [-0.05, 0) is 64.2 Å². The number of amides is 2. The van der Waals surface area contributed by atoms with Gasteiger partial charge in [-0.2, -0.15) is 0 Å². The molecule has 0 spiro atoms. The standard InChI is InChI=1S/C22H27BrN2O5/c1-4-15(2)16-5-8-18(9-6-16)30-14-21(26)24-25-22(27)17-7-10-20(19(23)13-17)29-12-11-28-3/h5-10,13,15H,4,11-12,14H2,1-3H3,(H,24,26)(H,25,27). The summed E-state index contributed by atoms with van der Waals surface area (Å²) in [6, 6.07) is 12.5. The minimum absolute atomic E-state index is 0.209. The molecule has 1 unspecified atom stereocenters. The molecule has 2 rings (SSSR count). The highest BCUT2D eigenvalue weighted by atomic mass is 79.9. The molecule has 0 aliphatic heterocycles. The summed E-state index contributed by atoms with van der Waals surface area (Å²) in [6.07, 6.45) is 1.06. The van der Waals surface area contributed by atoms with Gasteiger partial charge in [0, 0.05) is 12.7 Å². The molecule has 2 amide bonds. The molecule has 0 bridgehead atoms. The average molecular weight is 479 g/mol. The lowest BCUT2D eigenvalue weighted by atomic mass is 9.99. The van der Waals surface area contributed by atoms with E-state index in [2.05, 4.69) is 40.6 Å². The lowest BCUT2D eigenvalue weighted by molar-refractivity contribution is -0.123. The van der Waals surface area contributed by atoms with Gasteiger partial charge in [-0.1, -0.05) is 26.0 Å². The first kappa shape index (κ1) is 23.7. The summed E-state index contributed by atoms with van der Waals surface area (Å²) in [4.78, 5) is 24.2. The van der Waals surface area contributed by atoms with Crippen molar-refractivity contribution in [3.8, 4) is 11.5 Å². The van der Waals surface area contributed by atoms with Gasteiger partial charge < -0.3 is 14.2 Å². The Hall–Kier alpha value is -2.58. The van der Waals surface area contributed by atoms with Crippen molar-refractivity contribution in [3.63, 3.8) is 0 Å². The van der Waals surface area contributed by atoms with E-state index in [-0.39, 0.29) is 6.61 Å². The van der Waals surface area contributed by atoms with E-state index in [9.17, 15) is 9.59 Å². The summed E-state index contributed by atoms with van der Waals surface area (Å²) in [5.41, 5.74) is 6.29. The molecule has 0 aliphatic carbocycles. The number of carbonyl (C=O) groups excluding carboxylic acids is 2. The number of hydrazine groups is 1. The Morgan fingerprint density at radius 2 is 1.77 bits per heavy atom. The Balaban J connectivity index is 1.78. The molecule has 2 N–H and O–H groups in total. The lowest BCUT2D eigenvalue weighted by Crippen LogP contribution is -2.43. The Labute approximate surface area is 185 Å². The molecule has 30 heavy (non-hydrogen) atoms. The summed E-state index contributed by atoms with van der Waals surface area (Å²) in [7, 11) is 1.59. The predicted octanol–water partition coefficient (Wildman–Crippen LogP) is 3.83. The van der Waals surface area contributed by atoms with Gasteiger partial charge in [-0.3, -0.25) is 20.4 Å². The monoisotopic (exact) mass is 478 g/mol. The van der Waals surface area contributed by atoms with Crippen molar-refractivity contribution in [2.75, 3.05) is 26.9 Å². The predicted molar refractivity (Wildman–Crippen MR) is 118 cm³/mol. The molecule has 0 aromatic heterocycles. The molecule has 162 valence electrons. The highest BCUT2D eigenvalue weighted by Crippen LogP contribution is 2.26. The molecule has 0 aliphatic rings. The highest BCUT2D eigenvalue weighted by molar-refractivity contribution is 9.10. The zero-order chi connectivity index (χ0) is 21.9. The normalized spacial score (nSPS) is 11.5. The molecule has 0 saturated carbocycles. The van der Waals surface area contributed by atoms with Crippen molar-refractivity contribution in [1.82, 2.24) is 10.9 Å². The number of nitrogens with one attached hydrogen (secondary N) is 2. The van der Waals surface area contributed by atoms with Gasteiger partial charge >= 0.3 is 0 Å². The van der Waals surface area contributed by atoms with Crippen LogP contribution >= 0.6 is 15.9 Å². The van der Waals surface area contributed by atoms with Crippen LogP contribution < -0.4 is 20.3 Å². The summed E-state index contributed by atoms with van der Waals surface area (Å²) in [5.74, 6) is 0.749. The second-order valence-electron chi connectivity index (χ2n) is 6.66. The van der Waals surface area contributed by atoms with Crippen LogP contribution in [0, 0.1) is 0 Å². The molecule has 0 radical (unpaired) electrons. The molecule has 2 aromatic carbocycles. The SMILES string of the molecule is CCC(C)c1ccc(OCC(=O)NNC(=O)c2ccc(OCCOC)c(Br)c2)cc1. The van der Waals surface area contributed by atoms with Crippen LogP contribution in [0.25, 0.3) is 0 Å². The van der Waals surface area contributed by atoms with Crippen LogP contribution in [0.2, 0.25) is 0 Å². The van der Waals surface area contributed by atoms with Crippen LogP contribution in [0.3, 0.4) is 0 Å².